The Hall–Kier alpha value is -3.93. The van der Waals surface area contributed by atoms with Crippen molar-refractivity contribution >= 4 is 17.7 Å². The first-order valence-corrected chi connectivity index (χ1v) is 17.3. The summed E-state index contributed by atoms with van der Waals surface area (Å²) >= 11 is 0. The monoisotopic (exact) mass is 674 g/mol. The summed E-state index contributed by atoms with van der Waals surface area (Å²) in [6, 6.07) is 27.0. The minimum atomic E-state index is -0.316. The van der Waals surface area contributed by atoms with Crippen molar-refractivity contribution in [1.82, 2.24) is 16.0 Å². The van der Waals surface area contributed by atoms with Gasteiger partial charge in [-0.2, -0.15) is 0 Å². The van der Waals surface area contributed by atoms with E-state index in [1.165, 1.54) is 22.3 Å². The van der Waals surface area contributed by atoms with Gasteiger partial charge in [-0.15, -0.1) is 0 Å². The predicted octanol–water partition coefficient (Wildman–Crippen LogP) is 9.20. The number of aryl methyl sites for hydroxylation is 2. The Labute approximate surface area is 299 Å². The second-order valence-corrected chi connectivity index (χ2v) is 15.6. The van der Waals surface area contributed by atoms with E-state index in [9.17, 15) is 14.4 Å². The van der Waals surface area contributed by atoms with Crippen LogP contribution >= 0.6 is 0 Å². The van der Waals surface area contributed by atoms with Gasteiger partial charge in [0.15, 0.2) is 0 Å². The van der Waals surface area contributed by atoms with Crippen molar-refractivity contribution in [2.24, 2.45) is 16.2 Å². The predicted molar refractivity (Wildman–Crippen MR) is 209 cm³/mol. The summed E-state index contributed by atoms with van der Waals surface area (Å²) in [6.07, 6.45) is 1.97. The molecule has 0 aliphatic rings. The van der Waals surface area contributed by atoms with Crippen LogP contribution in [0.3, 0.4) is 0 Å². The molecule has 0 aliphatic heterocycles. The number of carbonyl (C=O) groups excluding carboxylic acids is 3. The normalized spacial score (nSPS) is 11.7. The van der Waals surface area contributed by atoms with Gasteiger partial charge in [0.1, 0.15) is 0 Å². The fraction of sp³-hybridized carbons (Fsp3) is 0.512. The zero-order valence-electron chi connectivity index (χ0n) is 31.8. The molecule has 0 aromatic heterocycles. The van der Waals surface area contributed by atoms with E-state index >= 15 is 0 Å². The second kappa shape index (κ2) is 21.2. The Kier molecular flexibility index (Phi) is 19.5. The molecule has 0 spiro atoms. The molecular weight excluding hydrogens is 606 g/mol. The Bertz CT molecular complexity index is 1390. The van der Waals surface area contributed by atoms with Crippen molar-refractivity contribution in [1.29, 1.82) is 0 Å². The average Bonchev–Trinajstić information content (AvgIpc) is 3.02. The van der Waals surface area contributed by atoms with Crippen LogP contribution in [0.4, 0.5) is 0 Å². The van der Waals surface area contributed by atoms with Gasteiger partial charge in [0.2, 0.25) is 17.7 Å². The molecule has 1 unspecified atom stereocenters. The van der Waals surface area contributed by atoms with Crippen LogP contribution in [-0.4, -0.2) is 30.8 Å². The molecular formula is C43H67N3O3. The zero-order valence-corrected chi connectivity index (χ0v) is 31.8. The van der Waals surface area contributed by atoms with Crippen molar-refractivity contribution in [3.63, 3.8) is 0 Å². The summed E-state index contributed by atoms with van der Waals surface area (Å²) in [5, 5.41) is 8.87. The van der Waals surface area contributed by atoms with Crippen molar-refractivity contribution in [3.8, 4) is 0 Å². The fourth-order valence-electron chi connectivity index (χ4n) is 4.21. The highest BCUT2D eigenvalue weighted by atomic mass is 16.2. The third-order valence-electron chi connectivity index (χ3n) is 7.65. The largest absolute Gasteiger partial charge is 0.355 e. The van der Waals surface area contributed by atoms with Gasteiger partial charge in [-0.3, -0.25) is 14.4 Å². The van der Waals surface area contributed by atoms with Crippen LogP contribution in [0.5, 0.6) is 0 Å². The lowest BCUT2D eigenvalue weighted by molar-refractivity contribution is -0.129. The quantitative estimate of drug-likeness (QED) is 0.212. The van der Waals surface area contributed by atoms with Gasteiger partial charge in [-0.25, -0.2) is 0 Å². The van der Waals surface area contributed by atoms with Crippen LogP contribution in [0.15, 0.2) is 78.9 Å². The number of hydrogen-bond donors (Lipinski definition) is 3. The summed E-state index contributed by atoms with van der Waals surface area (Å²) < 4.78 is 0. The number of carbonyl (C=O) groups is 3. The molecule has 0 radical (unpaired) electrons. The highest BCUT2D eigenvalue weighted by Crippen LogP contribution is 2.17. The smallest absolute Gasteiger partial charge is 0.225 e. The fourth-order valence-corrected chi connectivity index (χ4v) is 4.21. The van der Waals surface area contributed by atoms with E-state index in [4.69, 9.17) is 0 Å². The van der Waals surface area contributed by atoms with Crippen LogP contribution in [-0.2, 0) is 33.8 Å². The molecule has 0 aliphatic carbocycles. The highest BCUT2D eigenvalue weighted by molar-refractivity contribution is 5.82. The van der Waals surface area contributed by atoms with Gasteiger partial charge in [-0.1, -0.05) is 168 Å². The maximum absolute atomic E-state index is 11.7. The maximum atomic E-state index is 11.7. The Morgan fingerprint density at radius 1 is 0.612 bits per heavy atom. The molecule has 0 saturated heterocycles. The first-order valence-electron chi connectivity index (χ1n) is 17.3. The first-order chi connectivity index (χ1) is 22.2. The lowest BCUT2D eigenvalue weighted by Crippen LogP contribution is -2.36. The summed E-state index contributed by atoms with van der Waals surface area (Å²) in [7, 11) is 0. The molecule has 3 N–H and O–H groups in total. The van der Waals surface area contributed by atoms with Gasteiger partial charge in [0, 0.05) is 35.9 Å². The third-order valence-corrected chi connectivity index (χ3v) is 7.65. The van der Waals surface area contributed by atoms with E-state index in [-0.39, 0.29) is 41.4 Å². The van der Waals surface area contributed by atoms with E-state index in [0.717, 1.165) is 18.4 Å². The van der Waals surface area contributed by atoms with Gasteiger partial charge in [0.05, 0.1) is 0 Å². The molecule has 3 aromatic carbocycles. The van der Waals surface area contributed by atoms with Crippen molar-refractivity contribution < 1.29 is 14.4 Å². The molecule has 3 rings (SSSR count). The van der Waals surface area contributed by atoms with E-state index in [1.807, 2.05) is 92.6 Å². The number of nitrogens with one attached hydrogen (secondary N) is 3. The number of benzene rings is 3. The second-order valence-electron chi connectivity index (χ2n) is 15.6. The van der Waals surface area contributed by atoms with E-state index in [2.05, 4.69) is 85.3 Å². The lowest BCUT2D eigenvalue weighted by atomic mass is 9.95. The van der Waals surface area contributed by atoms with Crippen molar-refractivity contribution in [2.75, 3.05) is 13.1 Å². The minimum Gasteiger partial charge on any atom is -0.355 e. The van der Waals surface area contributed by atoms with Crippen LogP contribution in [0, 0.1) is 23.2 Å². The molecule has 3 aromatic rings. The standard InChI is InChI=1S/C15H23NO.C14H21NO.C13H19NO.CH4/c1-5-12-6-8-13(9-7-12)10-11-16-14(17)15(2,3)4;1-11(12-8-6-5-7-9-12)10-15-13(16)14(2,3)4;1-10-6-5-7-11(8-10)9-14-12(15)13(2,3)4;/h6-9H,5,10-11H2,1-4H3,(H,16,17);5-9,11H,10H2,1-4H3,(H,15,16);5-8H,9H2,1-4H3,(H,14,15);1H4. The van der Waals surface area contributed by atoms with Crippen LogP contribution < -0.4 is 16.0 Å². The van der Waals surface area contributed by atoms with Crippen LogP contribution in [0.1, 0.15) is 117 Å². The Morgan fingerprint density at radius 2 is 1.10 bits per heavy atom. The summed E-state index contributed by atoms with van der Waals surface area (Å²) in [4.78, 5) is 34.9. The number of rotatable bonds is 9. The summed E-state index contributed by atoms with van der Waals surface area (Å²) in [5.41, 5.74) is 5.33. The summed E-state index contributed by atoms with van der Waals surface area (Å²) in [6.45, 7) is 25.6. The molecule has 0 saturated carbocycles. The number of hydrogen-bond acceptors (Lipinski definition) is 3. The third kappa shape index (κ3) is 19.0. The van der Waals surface area contributed by atoms with Crippen molar-refractivity contribution in [3.05, 3.63) is 107 Å². The summed E-state index contributed by atoms with van der Waals surface area (Å²) in [5.74, 6) is 0.662. The maximum Gasteiger partial charge on any atom is 0.225 e. The molecule has 0 heterocycles. The SMILES string of the molecule is C.CC(CNC(=O)C(C)(C)C)c1ccccc1.CCc1ccc(CCNC(=O)C(C)(C)C)cc1.Cc1cccc(CNC(=O)C(C)(C)C)c1. The molecule has 272 valence electrons. The topological polar surface area (TPSA) is 87.3 Å². The molecule has 49 heavy (non-hydrogen) atoms. The van der Waals surface area contributed by atoms with E-state index in [1.54, 1.807) is 0 Å². The van der Waals surface area contributed by atoms with Crippen LogP contribution in [0.2, 0.25) is 0 Å². The minimum absolute atomic E-state index is 0. The number of amides is 3. The molecule has 3 amide bonds. The molecule has 6 heteroatoms. The Morgan fingerprint density at radius 3 is 1.59 bits per heavy atom. The molecule has 1 atom stereocenters. The Balaban J connectivity index is 0.000000699. The molecule has 0 bridgehead atoms. The van der Waals surface area contributed by atoms with Crippen molar-refractivity contribution in [2.45, 2.75) is 116 Å². The highest BCUT2D eigenvalue weighted by Gasteiger charge is 2.22. The first kappa shape index (κ1) is 45.1. The van der Waals surface area contributed by atoms with Gasteiger partial charge in [0.25, 0.3) is 0 Å². The van der Waals surface area contributed by atoms with E-state index in [0.29, 0.717) is 25.6 Å². The van der Waals surface area contributed by atoms with Gasteiger partial charge in [-0.05, 0) is 47.9 Å². The molecule has 6 nitrogen and oxygen atoms in total. The van der Waals surface area contributed by atoms with Gasteiger partial charge < -0.3 is 16.0 Å². The van der Waals surface area contributed by atoms with E-state index < -0.39 is 0 Å². The molecule has 0 fully saturated rings. The lowest BCUT2D eigenvalue weighted by Gasteiger charge is -2.20. The van der Waals surface area contributed by atoms with Gasteiger partial charge >= 0.3 is 0 Å². The zero-order chi connectivity index (χ0) is 36.5. The average molecular weight is 674 g/mol. The van der Waals surface area contributed by atoms with Crippen LogP contribution in [0.25, 0.3) is 0 Å².